The number of hydrogen-bond acceptors (Lipinski definition) is 14. The largest absolute Gasteiger partial charge is 0.462 e. The third-order valence-electron chi connectivity index (χ3n) is 6.19. The van der Waals surface area contributed by atoms with Gasteiger partial charge < -0.3 is 48.8 Å². The van der Waals surface area contributed by atoms with Crippen molar-refractivity contribution in [3.8, 4) is 0 Å². The van der Waals surface area contributed by atoms with Crippen LogP contribution < -0.4 is 39.3 Å². The standard InChI is InChI=1S/C9H12N2O4S.C8H12N2S.2C7H10N2/c1-3-14-7(12)5-6(8(13)15-4-2)16-9(10)11-5;9-7-3-4-8(11-7)10-5-1-2-6-10;2*1-5-4-6(8)2-3-7(5)9/h3-4H2,1-2H3,(H2,10,11);3-4H,1-2,5-6,9H2;2*2-4H,8-9H2,1H3. The minimum atomic E-state index is -0.668. The molecule has 1 saturated heterocycles. The molecule has 0 bridgehead atoms. The molecule has 0 atom stereocenters. The molecule has 14 heteroatoms. The Bertz CT molecular complexity index is 1450. The van der Waals surface area contributed by atoms with Crippen molar-refractivity contribution in [2.45, 2.75) is 40.5 Å². The summed E-state index contributed by atoms with van der Waals surface area (Å²) < 4.78 is 9.53. The Morgan fingerprint density at radius 1 is 0.756 bits per heavy atom. The molecule has 0 saturated carbocycles. The van der Waals surface area contributed by atoms with Crippen molar-refractivity contribution in [2.24, 2.45) is 0 Å². The van der Waals surface area contributed by atoms with E-state index in [4.69, 9.17) is 43.9 Å². The zero-order valence-corrected chi connectivity index (χ0v) is 27.8. The molecule has 1 aliphatic heterocycles. The van der Waals surface area contributed by atoms with Crippen LogP contribution in [0.15, 0.2) is 48.5 Å². The number of ether oxygens (including phenoxy) is 2. The molecular weight excluding hydrogens is 613 g/mol. The maximum Gasteiger partial charge on any atom is 0.358 e. The molecule has 0 amide bonds. The lowest BCUT2D eigenvalue weighted by molar-refractivity contribution is 0.0479. The van der Waals surface area contributed by atoms with Gasteiger partial charge in [0.15, 0.2) is 10.8 Å². The highest BCUT2D eigenvalue weighted by molar-refractivity contribution is 7.19. The number of aryl methyl sites for hydroxylation is 2. The van der Waals surface area contributed by atoms with Gasteiger partial charge in [-0.05, 0) is 100 Å². The van der Waals surface area contributed by atoms with Gasteiger partial charge in [0.25, 0.3) is 0 Å². The number of anilines is 7. The highest BCUT2D eigenvalue weighted by atomic mass is 32.1. The summed E-state index contributed by atoms with van der Waals surface area (Å²) in [6.45, 7) is 10.1. The average Bonchev–Trinajstić information content (AvgIpc) is 3.76. The number of nitrogens with two attached hydrogens (primary N) is 6. The van der Waals surface area contributed by atoms with Crippen LogP contribution in [0.2, 0.25) is 0 Å². The Morgan fingerprint density at radius 3 is 1.69 bits per heavy atom. The van der Waals surface area contributed by atoms with E-state index in [0.717, 1.165) is 50.2 Å². The van der Waals surface area contributed by atoms with E-state index >= 15 is 0 Å². The van der Waals surface area contributed by atoms with Gasteiger partial charge in [0.05, 0.1) is 23.2 Å². The van der Waals surface area contributed by atoms with E-state index in [2.05, 4.69) is 16.0 Å². The molecule has 0 spiro atoms. The van der Waals surface area contributed by atoms with Crippen LogP contribution in [0.1, 0.15) is 58.0 Å². The zero-order chi connectivity index (χ0) is 33.5. The normalized spacial score (nSPS) is 11.6. The fourth-order valence-electron chi connectivity index (χ4n) is 3.86. The number of benzene rings is 2. The van der Waals surface area contributed by atoms with E-state index in [1.807, 2.05) is 44.2 Å². The Morgan fingerprint density at radius 2 is 1.27 bits per heavy atom. The number of hydrogen-bond donors (Lipinski definition) is 6. The molecule has 2 aromatic heterocycles. The number of nitrogen functional groups attached to an aromatic ring is 6. The van der Waals surface area contributed by atoms with Crippen LogP contribution in [0.25, 0.3) is 0 Å². The first-order valence-corrected chi connectivity index (χ1v) is 15.9. The van der Waals surface area contributed by atoms with Gasteiger partial charge in [-0.15, -0.1) is 11.3 Å². The van der Waals surface area contributed by atoms with Crippen LogP contribution in [0.4, 0.5) is 37.9 Å². The molecule has 0 unspecified atom stereocenters. The molecule has 3 heterocycles. The predicted molar refractivity (Wildman–Crippen MR) is 189 cm³/mol. The summed E-state index contributed by atoms with van der Waals surface area (Å²) in [5, 5.41) is 2.39. The quantitative estimate of drug-likeness (QED) is 0.118. The van der Waals surface area contributed by atoms with Gasteiger partial charge in [-0.3, -0.25) is 0 Å². The Balaban J connectivity index is 0.000000215. The Labute approximate surface area is 272 Å². The average molecular weight is 657 g/mol. The van der Waals surface area contributed by atoms with Crippen LogP contribution in [-0.4, -0.2) is 43.2 Å². The summed E-state index contributed by atoms with van der Waals surface area (Å²) >= 11 is 2.60. The zero-order valence-electron chi connectivity index (χ0n) is 26.2. The van der Waals surface area contributed by atoms with Crippen LogP contribution >= 0.6 is 22.7 Å². The van der Waals surface area contributed by atoms with Crippen LogP contribution in [-0.2, 0) is 9.47 Å². The third kappa shape index (κ3) is 12.1. The number of carbonyl (C=O) groups excluding carboxylic acids is 2. The van der Waals surface area contributed by atoms with Crippen LogP contribution in [0.5, 0.6) is 0 Å². The van der Waals surface area contributed by atoms with Gasteiger partial charge in [0, 0.05) is 35.8 Å². The van der Waals surface area contributed by atoms with E-state index in [1.165, 1.54) is 30.9 Å². The second kappa shape index (κ2) is 18.2. The minimum absolute atomic E-state index is 0.0807. The second-order valence-electron chi connectivity index (χ2n) is 9.77. The fourth-order valence-corrected chi connectivity index (χ4v) is 5.40. The van der Waals surface area contributed by atoms with Crippen molar-refractivity contribution in [1.82, 2.24) is 4.98 Å². The number of aromatic nitrogens is 1. The third-order valence-corrected chi connectivity index (χ3v) is 8.03. The number of esters is 2. The van der Waals surface area contributed by atoms with Gasteiger partial charge in [-0.2, -0.15) is 0 Å². The number of thiophene rings is 1. The predicted octanol–water partition coefficient (Wildman–Crippen LogP) is 5.33. The van der Waals surface area contributed by atoms with Gasteiger partial charge in [-0.25, -0.2) is 14.6 Å². The first-order valence-electron chi connectivity index (χ1n) is 14.3. The molecule has 4 aromatic rings. The fraction of sp³-hybridized carbons (Fsp3) is 0.323. The van der Waals surface area contributed by atoms with E-state index in [9.17, 15) is 9.59 Å². The summed E-state index contributed by atoms with van der Waals surface area (Å²) in [6.07, 6.45) is 2.66. The molecule has 45 heavy (non-hydrogen) atoms. The van der Waals surface area contributed by atoms with E-state index in [-0.39, 0.29) is 28.9 Å². The Kier molecular flexibility index (Phi) is 14.8. The van der Waals surface area contributed by atoms with Crippen molar-refractivity contribution >= 4 is 72.5 Å². The lowest BCUT2D eigenvalue weighted by Gasteiger charge is -2.13. The molecule has 1 aliphatic rings. The van der Waals surface area contributed by atoms with Gasteiger partial charge in [0.2, 0.25) is 0 Å². The molecular formula is C31H44N8O4S2. The van der Waals surface area contributed by atoms with Gasteiger partial charge >= 0.3 is 11.9 Å². The lowest BCUT2D eigenvalue weighted by atomic mass is 10.2. The molecule has 5 rings (SSSR count). The highest BCUT2D eigenvalue weighted by Crippen LogP contribution is 2.30. The van der Waals surface area contributed by atoms with Crippen molar-refractivity contribution in [3.05, 3.63) is 70.2 Å². The van der Waals surface area contributed by atoms with Crippen LogP contribution in [0, 0.1) is 13.8 Å². The summed E-state index contributed by atoms with van der Waals surface area (Å²) in [4.78, 5) is 29.2. The number of rotatable bonds is 5. The number of thiazole rings is 1. The van der Waals surface area contributed by atoms with Crippen LogP contribution in [0.3, 0.4) is 0 Å². The monoisotopic (exact) mass is 656 g/mol. The SMILES string of the molecule is CCOC(=O)c1nc(N)sc1C(=O)OCC.Cc1cc(N)ccc1N.Cc1cc(N)ccc1N.Nc1ccc(N2CCCC2)s1. The van der Waals surface area contributed by atoms with E-state index in [0.29, 0.717) is 0 Å². The topological polar surface area (TPSA) is 225 Å². The molecule has 0 radical (unpaired) electrons. The van der Waals surface area contributed by atoms with E-state index in [1.54, 1.807) is 37.3 Å². The first kappa shape index (κ1) is 36.5. The summed E-state index contributed by atoms with van der Waals surface area (Å²) in [5.74, 6) is -1.28. The molecule has 1 fully saturated rings. The highest BCUT2D eigenvalue weighted by Gasteiger charge is 2.24. The molecule has 12 N–H and O–H groups in total. The maximum absolute atomic E-state index is 11.5. The number of carbonyl (C=O) groups is 2. The second-order valence-corrected chi connectivity index (χ2v) is 11.9. The van der Waals surface area contributed by atoms with Gasteiger partial charge in [0.1, 0.15) is 4.88 Å². The number of nitrogens with zero attached hydrogens (tertiary/aromatic N) is 2. The Hall–Kier alpha value is -4.69. The lowest BCUT2D eigenvalue weighted by Crippen LogP contribution is -2.15. The first-order chi connectivity index (χ1) is 21.4. The van der Waals surface area contributed by atoms with Crippen molar-refractivity contribution in [1.29, 1.82) is 0 Å². The van der Waals surface area contributed by atoms with Crippen molar-refractivity contribution in [2.75, 3.05) is 65.6 Å². The minimum Gasteiger partial charge on any atom is -0.462 e. The van der Waals surface area contributed by atoms with E-state index < -0.39 is 11.9 Å². The van der Waals surface area contributed by atoms with Crippen molar-refractivity contribution in [3.63, 3.8) is 0 Å². The summed E-state index contributed by atoms with van der Waals surface area (Å²) in [5.41, 5.74) is 38.2. The van der Waals surface area contributed by atoms with Gasteiger partial charge in [-0.1, -0.05) is 11.3 Å². The smallest absolute Gasteiger partial charge is 0.358 e. The maximum atomic E-state index is 11.5. The summed E-state index contributed by atoms with van der Waals surface area (Å²) in [7, 11) is 0. The summed E-state index contributed by atoms with van der Waals surface area (Å²) in [6, 6.07) is 15.0. The molecule has 2 aromatic carbocycles. The molecule has 244 valence electrons. The molecule has 0 aliphatic carbocycles. The van der Waals surface area contributed by atoms with Crippen molar-refractivity contribution < 1.29 is 19.1 Å². The molecule has 12 nitrogen and oxygen atoms in total.